The molecular weight excluding hydrogens is 238 g/mol. The average molecular weight is 253 g/mol. The summed E-state index contributed by atoms with van der Waals surface area (Å²) in [5, 5.41) is 17.1. The Morgan fingerprint density at radius 3 is 2.19 bits per heavy atom. The molecule has 0 radical (unpaired) electrons. The first-order chi connectivity index (χ1) is 7.30. The first kappa shape index (κ1) is 13.4. The number of nitrogens with zero attached hydrogens (tertiary/aromatic N) is 1. The molecule has 0 bridgehead atoms. The van der Waals surface area contributed by atoms with Crippen molar-refractivity contribution >= 4 is 16.0 Å². The zero-order chi connectivity index (χ0) is 12.5. The van der Waals surface area contributed by atoms with Crippen molar-refractivity contribution in [3.63, 3.8) is 0 Å². The summed E-state index contributed by atoms with van der Waals surface area (Å²) in [4.78, 5) is 11.1. The molecule has 2 N–H and O–H groups in total. The molecule has 0 aliphatic carbocycles. The number of carbonyl (C=O) groups excluding carboxylic acids is 1. The van der Waals surface area contributed by atoms with Crippen molar-refractivity contribution in [1.82, 2.24) is 4.31 Å². The number of methoxy groups -OCH3 is 1. The van der Waals surface area contributed by atoms with E-state index >= 15 is 0 Å². The van der Waals surface area contributed by atoms with Gasteiger partial charge >= 0.3 is 5.97 Å². The van der Waals surface area contributed by atoms with Crippen LogP contribution in [0.3, 0.4) is 0 Å². The zero-order valence-electron chi connectivity index (χ0n) is 9.03. The summed E-state index contributed by atoms with van der Waals surface area (Å²) < 4.78 is 28.9. The van der Waals surface area contributed by atoms with Crippen molar-refractivity contribution in [3.05, 3.63) is 0 Å². The van der Waals surface area contributed by atoms with Gasteiger partial charge < -0.3 is 14.9 Å². The van der Waals surface area contributed by atoms with Crippen LogP contribution in [0.4, 0.5) is 0 Å². The highest BCUT2D eigenvalue weighted by molar-refractivity contribution is 7.90. The Labute approximate surface area is 93.7 Å². The quantitative estimate of drug-likeness (QED) is 0.559. The Balaban J connectivity index is 2.83. The van der Waals surface area contributed by atoms with Crippen molar-refractivity contribution in [2.24, 2.45) is 0 Å². The van der Waals surface area contributed by atoms with Crippen molar-refractivity contribution in [2.75, 3.05) is 20.2 Å². The minimum Gasteiger partial charge on any atom is -0.468 e. The molecule has 1 heterocycles. The maximum atomic E-state index is 11.8. The van der Waals surface area contributed by atoms with Gasteiger partial charge in [-0.05, 0) is 6.92 Å². The second-order valence-corrected chi connectivity index (χ2v) is 5.92. The number of aliphatic hydroxyl groups excluding tert-OH is 2. The van der Waals surface area contributed by atoms with Crippen LogP contribution in [0, 0.1) is 0 Å². The Morgan fingerprint density at radius 1 is 1.38 bits per heavy atom. The predicted molar refractivity (Wildman–Crippen MR) is 54.0 cm³/mol. The molecule has 1 aliphatic heterocycles. The molecule has 0 spiro atoms. The van der Waals surface area contributed by atoms with Gasteiger partial charge in [-0.3, -0.25) is 4.79 Å². The lowest BCUT2D eigenvalue weighted by Gasteiger charge is -2.19. The summed E-state index contributed by atoms with van der Waals surface area (Å²) in [6.45, 7) is 0.800. The molecule has 1 fully saturated rings. The van der Waals surface area contributed by atoms with Gasteiger partial charge in [0.25, 0.3) is 0 Å². The van der Waals surface area contributed by atoms with E-state index in [2.05, 4.69) is 4.74 Å². The lowest BCUT2D eigenvalue weighted by molar-refractivity contribution is -0.139. The summed E-state index contributed by atoms with van der Waals surface area (Å²) in [6, 6.07) is 0. The lowest BCUT2D eigenvalue weighted by atomic mass is 10.3. The summed E-state index contributed by atoms with van der Waals surface area (Å²) in [5.74, 6) is -0.865. The second kappa shape index (κ2) is 4.66. The van der Waals surface area contributed by atoms with Crippen LogP contribution in [0.2, 0.25) is 0 Å². The summed E-state index contributed by atoms with van der Waals surface area (Å²) >= 11 is 0. The third kappa shape index (κ3) is 2.34. The maximum absolute atomic E-state index is 11.8. The molecule has 1 saturated heterocycles. The van der Waals surface area contributed by atoms with E-state index in [4.69, 9.17) is 0 Å². The fourth-order valence-corrected chi connectivity index (χ4v) is 2.96. The number of hydrogen-bond donors (Lipinski definition) is 2. The molecule has 3 atom stereocenters. The van der Waals surface area contributed by atoms with E-state index in [0.717, 1.165) is 11.4 Å². The molecular formula is C8H15NO6S. The van der Waals surface area contributed by atoms with Crippen molar-refractivity contribution in [3.8, 4) is 0 Å². The van der Waals surface area contributed by atoms with Crippen LogP contribution in [0.5, 0.6) is 0 Å². The van der Waals surface area contributed by atoms with Gasteiger partial charge in [-0.2, -0.15) is 4.31 Å². The molecule has 0 aromatic carbocycles. The number of β-amino-alcohol motifs (C(OH)–C–C–N with tert-alkyl or cyclic N) is 2. The van der Waals surface area contributed by atoms with Crippen LogP contribution < -0.4 is 0 Å². The summed E-state index contributed by atoms with van der Waals surface area (Å²) in [7, 11) is -2.78. The van der Waals surface area contributed by atoms with Crippen LogP contribution in [-0.2, 0) is 19.6 Å². The van der Waals surface area contributed by atoms with E-state index in [1.165, 1.54) is 6.92 Å². The number of hydrogen-bond acceptors (Lipinski definition) is 6. The van der Waals surface area contributed by atoms with Crippen LogP contribution >= 0.6 is 0 Å². The highest BCUT2D eigenvalue weighted by Crippen LogP contribution is 2.18. The average Bonchev–Trinajstić information content (AvgIpc) is 2.57. The molecule has 0 amide bonds. The molecule has 1 rings (SSSR count). The number of ether oxygens (including phenoxy) is 1. The van der Waals surface area contributed by atoms with Gasteiger partial charge in [-0.25, -0.2) is 8.42 Å². The molecule has 94 valence electrons. The van der Waals surface area contributed by atoms with Gasteiger partial charge in [0, 0.05) is 13.1 Å². The number of esters is 1. The van der Waals surface area contributed by atoms with Gasteiger partial charge in [0.15, 0.2) is 5.25 Å². The summed E-state index contributed by atoms with van der Waals surface area (Å²) in [6.07, 6.45) is -2.22. The van der Waals surface area contributed by atoms with Crippen molar-refractivity contribution in [1.29, 1.82) is 0 Å². The molecule has 7 nitrogen and oxygen atoms in total. The normalized spacial score (nSPS) is 29.0. The van der Waals surface area contributed by atoms with E-state index in [1.54, 1.807) is 0 Å². The molecule has 8 heteroatoms. The standard InChI is InChI=1S/C8H15NO6S/c1-5(8(12)15-2)16(13,14)9-3-6(10)7(11)4-9/h5-7,10-11H,3-4H2,1-2H3/t5?,6-,7+. The molecule has 0 aromatic rings. The Bertz CT molecular complexity index is 357. The third-order valence-electron chi connectivity index (χ3n) is 2.57. The van der Waals surface area contributed by atoms with E-state index in [9.17, 15) is 23.4 Å². The first-order valence-electron chi connectivity index (χ1n) is 4.73. The van der Waals surface area contributed by atoms with Crippen molar-refractivity contribution < 1.29 is 28.2 Å². The molecule has 1 unspecified atom stereocenters. The molecule has 16 heavy (non-hydrogen) atoms. The van der Waals surface area contributed by atoms with Gasteiger partial charge in [-0.15, -0.1) is 0 Å². The van der Waals surface area contributed by atoms with Crippen LogP contribution in [-0.4, -0.2) is 66.6 Å². The highest BCUT2D eigenvalue weighted by atomic mass is 32.2. The lowest BCUT2D eigenvalue weighted by Crippen LogP contribution is -2.41. The second-order valence-electron chi connectivity index (χ2n) is 3.66. The highest BCUT2D eigenvalue weighted by Gasteiger charge is 2.41. The number of aliphatic hydroxyl groups is 2. The minimum atomic E-state index is -3.88. The molecule has 0 saturated carbocycles. The topological polar surface area (TPSA) is 104 Å². The van der Waals surface area contributed by atoms with Gasteiger partial charge in [-0.1, -0.05) is 0 Å². The van der Waals surface area contributed by atoms with E-state index in [0.29, 0.717) is 0 Å². The maximum Gasteiger partial charge on any atom is 0.325 e. The fourth-order valence-electron chi connectivity index (χ4n) is 1.45. The largest absolute Gasteiger partial charge is 0.468 e. The Morgan fingerprint density at radius 2 is 1.81 bits per heavy atom. The fraction of sp³-hybridized carbons (Fsp3) is 0.875. The molecule has 0 aromatic heterocycles. The van der Waals surface area contributed by atoms with Gasteiger partial charge in [0.1, 0.15) is 0 Å². The predicted octanol–water partition coefficient (Wildman–Crippen LogP) is -2.08. The number of rotatable bonds is 3. The number of carbonyl (C=O) groups is 1. The smallest absolute Gasteiger partial charge is 0.325 e. The minimum absolute atomic E-state index is 0.204. The first-order valence-corrected chi connectivity index (χ1v) is 6.24. The SMILES string of the molecule is COC(=O)C(C)S(=O)(=O)N1C[C@@H](O)[C@@H](O)C1. The van der Waals surface area contributed by atoms with Gasteiger partial charge in [0.2, 0.25) is 10.0 Å². The van der Waals surface area contributed by atoms with Gasteiger partial charge in [0.05, 0.1) is 19.3 Å². The van der Waals surface area contributed by atoms with Crippen LogP contribution in [0.15, 0.2) is 0 Å². The Kier molecular flexibility index (Phi) is 3.89. The van der Waals surface area contributed by atoms with Crippen LogP contribution in [0.1, 0.15) is 6.92 Å². The van der Waals surface area contributed by atoms with E-state index < -0.39 is 33.5 Å². The third-order valence-corrected chi connectivity index (χ3v) is 4.67. The Hall–Kier alpha value is -0.700. The van der Waals surface area contributed by atoms with Crippen LogP contribution in [0.25, 0.3) is 0 Å². The van der Waals surface area contributed by atoms with E-state index in [1.807, 2.05) is 0 Å². The summed E-state index contributed by atoms with van der Waals surface area (Å²) in [5.41, 5.74) is 0. The van der Waals surface area contributed by atoms with Crippen molar-refractivity contribution in [2.45, 2.75) is 24.4 Å². The monoisotopic (exact) mass is 253 g/mol. The van der Waals surface area contributed by atoms with E-state index in [-0.39, 0.29) is 13.1 Å². The zero-order valence-corrected chi connectivity index (χ0v) is 9.85. The molecule has 1 aliphatic rings. The number of sulfonamides is 1.